The van der Waals surface area contributed by atoms with Gasteiger partial charge in [-0.05, 0) is 56.0 Å². The first-order valence-corrected chi connectivity index (χ1v) is 11.5. The first kappa shape index (κ1) is 22.4. The summed E-state index contributed by atoms with van der Waals surface area (Å²) in [5.74, 6) is -4.83. The van der Waals surface area contributed by atoms with E-state index in [-0.39, 0.29) is 29.2 Å². The second kappa shape index (κ2) is 8.28. The Morgan fingerprint density at radius 3 is 2.42 bits per heavy atom. The Hall–Kier alpha value is -4.02. The lowest BCUT2D eigenvalue weighted by Crippen LogP contribution is -2.49. The van der Waals surface area contributed by atoms with Gasteiger partial charge in [-0.15, -0.1) is 10.2 Å². The molecule has 184 valence electrons. The number of amides is 1. The smallest absolute Gasteiger partial charge is 0.254 e. The number of rotatable bonds is 3. The van der Waals surface area contributed by atoms with E-state index in [0.29, 0.717) is 29.8 Å². The van der Waals surface area contributed by atoms with Crippen molar-refractivity contribution in [1.29, 1.82) is 0 Å². The van der Waals surface area contributed by atoms with Crippen LogP contribution in [0, 0.1) is 23.3 Å². The monoisotopic (exact) mass is 496 g/mol. The van der Waals surface area contributed by atoms with E-state index >= 15 is 0 Å². The van der Waals surface area contributed by atoms with Crippen molar-refractivity contribution in [3.8, 4) is 16.9 Å². The van der Waals surface area contributed by atoms with Crippen LogP contribution in [0.1, 0.15) is 46.9 Å². The van der Waals surface area contributed by atoms with Gasteiger partial charge in [-0.25, -0.2) is 17.6 Å². The third-order valence-electron chi connectivity index (χ3n) is 7.06. The Kier molecular flexibility index (Phi) is 5.16. The summed E-state index contributed by atoms with van der Waals surface area (Å²) >= 11 is 0. The average molecular weight is 496 g/mol. The van der Waals surface area contributed by atoms with E-state index in [1.165, 1.54) is 40.1 Å². The average Bonchev–Trinajstić information content (AvgIpc) is 3.50. The zero-order valence-electron chi connectivity index (χ0n) is 19.1. The maximum Gasteiger partial charge on any atom is 0.254 e. The van der Waals surface area contributed by atoms with Gasteiger partial charge in [0.25, 0.3) is 5.91 Å². The molecule has 0 aliphatic carbocycles. The molecule has 0 saturated carbocycles. The number of carbonyl (C=O) groups excluding carboxylic acids is 1. The molecule has 2 bridgehead atoms. The lowest BCUT2D eigenvalue weighted by Gasteiger charge is -2.45. The van der Waals surface area contributed by atoms with Crippen LogP contribution in [0.5, 0.6) is 0 Å². The SMILES string of the molecule is Cn1nc2c(c1-c1cc(F)c(F)c(F)c1)C[C@@H]1CCC[C@H]2N1C(=O)c1ccc(F)c(-n2cnnc2)c1. The molecule has 2 aromatic carbocycles. The van der Waals surface area contributed by atoms with Crippen molar-refractivity contribution in [2.45, 2.75) is 37.8 Å². The molecule has 0 N–H and O–H groups in total. The molecule has 36 heavy (non-hydrogen) atoms. The summed E-state index contributed by atoms with van der Waals surface area (Å²) in [6.07, 6.45) is 5.43. The van der Waals surface area contributed by atoms with E-state index in [4.69, 9.17) is 0 Å². The zero-order chi connectivity index (χ0) is 25.1. The van der Waals surface area contributed by atoms with Gasteiger partial charge >= 0.3 is 0 Å². The minimum atomic E-state index is -1.52. The van der Waals surface area contributed by atoms with Crippen molar-refractivity contribution in [2.24, 2.45) is 7.05 Å². The molecule has 2 aromatic heterocycles. The third kappa shape index (κ3) is 3.41. The lowest BCUT2D eigenvalue weighted by atomic mass is 9.81. The summed E-state index contributed by atoms with van der Waals surface area (Å²) in [5, 5.41) is 12.0. The first-order chi connectivity index (χ1) is 17.3. The highest BCUT2D eigenvalue weighted by Gasteiger charge is 2.43. The summed E-state index contributed by atoms with van der Waals surface area (Å²) in [6, 6.07) is 5.57. The third-order valence-corrected chi connectivity index (χ3v) is 7.06. The molecule has 6 rings (SSSR count). The van der Waals surface area contributed by atoms with E-state index in [0.717, 1.165) is 30.5 Å². The van der Waals surface area contributed by atoms with Crippen molar-refractivity contribution < 1.29 is 22.4 Å². The number of piperidine rings is 1. The molecule has 4 heterocycles. The largest absolute Gasteiger partial charge is 0.327 e. The molecule has 2 aliphatic heterocycles. The predicted octanol–water partition coefficient (Wildman–Crippen LogP) is 4.52. The molecule has 2 aliphatic rings. The molecule has 1 saturated heterocycles. The molecular weight excluding hydrogens is 476 g/mol. The van der Waals surface area contributed by atoms with Crippen LogP contribution < -0.4 is 0 Å². The minimum absolute atomic E-state index is 0.161. The van der Waals surface area contributed by atoms with Gasteiger partial charge in [0, 0.05) is 29.8 Å². The van der Waals surface area contributed by atoms with Crippen LogP contribution in [0.25, 0.3) is 16.9 Å². The standard InChI is InChI=1S/C25H20F4N6O/c1-33-24(14-7-18(27)22(29)19(28)8-14)16-10-15-3-2-4-20(23(16)32-33)35(15)25(36)13-5-6-17(26)21(9-13)34-11-30-31-12-34/h5-9,11-12,15,20H,2-4,10H2,1H3/t15-,20+/m0/s1. The maximum absolute atomic E-state index is 14.5. The number of hydrogen-bond acceptors (Lipinski definition) is 4. The van der Waals surface area contributed by atoms with Crippen LogP contribution in [0.2, 0.25) is 0 Å². The molecular formula is C25H20F4N6O. The van der Waals surface area contributed by atoms with Gasteiger partial charge in [0.15, 0.2) is 17.5 Å². The van der Waals surface area contributed by atoms with Crippen molar-refractivity contribution >= 4 is 5.91 Å². The second-order valence-corrected chi connectivity index (χ2v) is 9.14. The van der Waals surface area contributed by atoms with Crippen molar-refractivity contribution in [1.82, 2.24) is 29.4 Å². The number of carbonyl (C=O) groups is 1. The van der Waals surface area contributed by atoms with Crippen molar-refractivity contribution in [3.63, 3.8) is 0 Å². The summed E-state index contributed by atoms with van der Waals surface area (Å²) in [6.45, 7) is 0. The van der Waals surface area contributed by atoms with Crippen LogP contribution in [-0.2, 0) is 13.5 Å². The molecule has 4 aromatic rings. The summed E-state index contributed by atoms with van der Waals surface area (Å²) in [5.41, 5.74) is 2.63. The van der Waals surface area contributed by atoms with Crippen molar-refractivity contribution in [3.05, 3.63) is 83.1 Å². The number of benzene rings is 2. The molecule has 7 nitrogen and oxygen atoms in total. The number of halogens is 4. The molecule has 1 amide bonds. The Morgan fingerprint density at radius 1 is 0.972 bits per heavy atom. The Balaban J connectivity index is 1.41. The second-order valence-electron chi connectivity index (χ2n) is 9.14. The van der Waals surface area contributed by atoms with Crippen LogP contribution >= 0.6 is 0 Å². The fourth-order valence-electron chi connectivity index (χ4n) is 5.52. The first-order valence-electron chi connectivity index (χ1n) is 11.5. The van der Waals surface area contributed by atoms with Crippen LogP contribution in [0.15, 0.2) is 43.0 Å². The summed E-state index contributed by atoms with van der Waals surface area (Å²) < 4.78 is 59.0. The zero-order valence-corrected chi connectivity index (χ0v) is 19.1. The highest BCUT2D eigenvalue weighted by atomic mass is 19.2. The predicted molar refractivity (Wildman–Crippen MR) is 120 cm³/mol. The summed E-state index contributed by atoms with van der Waals surface area (Å²) in [7, 11) is 1.66. The fraction of sp³-hybridized carbons (Fsp3) is 0.280. The number of aryl methyl sites for hydroxylation is 1. The topological polar surface area (TPSA) is 68.8 Å². The van der Waals surface area contributed by atoms with Crippen LogP contribution in [0.4, 0.5) is 17.6 Å². The maximum atomic E-state index is 14.5. The molecule has 0 spiro atoms. The Morgan fingerprint density at radius 2 is 1.69 bits per heavy atom. The van der Waals surface area contributed by atoms with E-state index in [9.17, 15) is 22.4 Å². The highest BCUT2D eigenvalue weighted by Crippen LogP contribution is 2.45. The van der Waals surface area contributed by atoms with Gasteiger partial charge in [0.05, 0.1) is 23.1 Å². The molecule has 2 atom stereocenters. The van der Waals surface area contributed by atoms with E-state index in [2.05, 4.69) is 15.3 Å². The molecule has 11 heteroatoms. The summed E-state index contributed by atoms with van der Waals surface area (Å²) in [4.78, 5) is 15.5. The van der Waals surface area contributed by atoms with Gasteiger partial charge in [-0.2, -0.15) is 5.10 Å². The van der Waals surface area contributed by atoms with Gasteiger partial charge in [0.1, 0.15) is 18.5 Å². The van der Waals surface area contributed by atoms with Crippen LogP contribution in [0.3, 0.4) is 0 Å². The Labute approximate surface area is 203 Å². The van der Waals surface area contributed by atoms with E-state index in [1.54, 1.807) is 11.9 Å². The van der Waals surface area contributed by atoms with Gasteiger partial charge < -0.3 is 4.90 Å². The highest BCUT2D eigenvalue weighted by molar-refractivity contribution is 5.95. The molecule has 0 radical (unpaired) electrons. The van der Waals surface area contributed by atoms with Gasteiger partial charge in [-0.3, -0.25) is 14.0 Å². The van der Waals surface area contributed by atoms with Crippen molar-refractivity contribution in [2.75, 3.05) is 0 Å². The quantitative estimate of drug-likeness (QED) is 0.309. The van der Waals surface area contributed by atoms with Gasteiger partial charge in [-0.1, -0.05) is 0 Å². The fourth-order valence-corrected chi connectivity index (χ4v) is 5.52. The number of hydrogen-bond donors (Lipinski definition) is 0. The van der Waals surface area contributed by atoms with E-state index in [1.807, 2.05) is 0 Å². The number of nitrogens with zero attached hydrogens (tertiary/aromatic N) is 6. The van der Waals surface area contributed by atoms with Gasteiger partial charge in [0.2, 0.25) is 0 Å². The number of fused-ring (bicyclic) bond motifs is 4. The lowest BCUT2D eigenvalue weighted by molar-refractivity contribution is 0.0392. The van der Waals surface area contributed by atoms with E-state index < -0.39 is 23.3 Å². The normalized spacial score (nSPS) is 18.9. The Bertz CT molecular complexity index is 1480. The van der Waals surface area contributed by atoms with Crippen LogP contribution in [-0.4, -0.2) is 41.4 Å². The number of aromatic nitrogens is 5. The minimum Gasteiger partial charge on any atom is -0.327 e. The molecule has 1 fully saturated rings. The molecule has 0 unspecified atom stereocenters.